The number of rotatable bonds is 0. The summed E-state index contributed by atoms with van der Waals surface area (Å²) in [6.07, 6.45) is 1.29. The molecule has 0 bridgehead atoms. The molecule has 2 aliphatic heterocycles. The second kappa shape index (κ2) is 3.99. The number of likely N-dealkylation sites (N-methyl/N-ethyl adjacent to an activating group) is 1. The predicted molar refractivity (Wildman–Crippen MR) is 77.4 cm³/mol. The first-order valence-electron chi connectivity index (χ1n) is 7.04. The molecular weight excluding hydrogens is 220 g/mol. The molecule has 1 fully saturated rings. The van der Waals surface area contributed by atoms with Crippen LogP contribution in [0.1, 0.15) is 44.2 Å². The third-order valence-corrected chi connectivity index (χ3v) is 4.48. The van der Waals surface area contributed by atoms with E-state index in [1.165, 1.54) is 30.8 Å². The van der Waals surface area contributed by atoms with Crippen LogP contribution in [0.25, 0.3) is 0 Å². The normalized spacial score (nSPS) is 27.6. The summed E-state index contributed by atoms with van der Waals surface area (Å²) in [6.45, 7) is 9.24. The first-order valence-corrected chi connectivity index (χ1v) is 7.04. The topological polar surface area (TPSA) is 15.3 Å². The summed E-state index contributed by atoms with van der Waals surface area (Å²) in [4.78, 5) is 2.44. The van der Waals surface area contributed by atoms with Crippen molar-refractivity contribution in [3.63, 3.8) is 0 Å². The highest BCUT2D eigenvalue weighted by Crippen LogP contribution is 2.42. The second-order valence-corrected chi connectivity index (χ2v) is 6.96. The van der Waals surface area contributed by atoms with Gasteiger partial charge in [-0.1, -0.05) is 32.9 Å². The number of fused-ring (bicyclic) bond motifs is 3. The minimum absolute atomic E-state index is 0.237. The van der Waals surface area contributed by atoms with E-state index >= 15 is 0 Å². The predicted octanol–water partition coefficient (Wildman–Crippen LogP) is 3.20. The molecule has 0 aliphatic carbocycles. The van der Waals surface area contributed by atoms with Gasteiger partial charge >= 0.3 is 0 Å². The van der Waals surface area contributed by atoms with E-state index in [-0.39, 0.29) is 5.41 Å². The van der Waals surface area contributed by atoms with Crippen LogP contribution in [0.3, 0.4) is 0 Å². The Kier molecular flexibility index (Phi) is 2.67. The molecule has 2 nitrogen and oxygen atoms in total. The lowest BCUT2D eigenvalue weighted by molar-refractivity contribution is 0.245. The minimum Gasteiger partial charge on any atom is -0.380 e. The summed E-state index contributed by atoms with van der Waals surface area (Å²) in [5.74, 6) is 0.727. The molecule has 0 amide bonds. The fourth-order valence-corrected chi connectivity index (χ4v) is 3.30. The molecule has 0 radical (unpaired) electrons. The Morgan fingerprint density at radius 1 is 1.28 bits per heavy atom. The highest BCUT2D eigenvalue weighted by molar-refractivity contribution is 5.62. The largest absolute Gasteiger partial charge is 0.380 e. The van der Waals surface area contributed by atoms with Gasteiger partial charge in [0.25, 0.3) is 0 Å². The molecule has 2 unspecified atom stereocenters. The van der Waals surface area contributed by atoms with Gasteiger partial charge in [-0.05, 0) is 42.6 Å². The lowest BCUT2D eigenvalue weighted by Crippen LogP contribution is -2.41. The van der Waals surface area contributed by atoms with Crippen LogP contribution in [0.15, 0.2) is 18.2 Å². The van der Waals surface area contributed by atoms with Gasteiger partial charge in [0.2, 0.25) is 0 Å². The molecule has 3 rings (SSSR count). The van der Waals surface area contributed by atoms with E-state index in [0.717, 1.165) is 5.92 Å². The SMILES string of the molecule is CN1CCC2c3ccc(C(C)(C)C)cc3NC2C1. The first kappa shape index (κ1) is 12.0. The van der Waals surface area contributed by atoms with E-state index in [1.807, 2.05) is 0 Å². The maximum absolute atomic E-state index is 3.74. The van der Waals surface area contributed by atoms with Gasteiger partial charge in [-0.15, -0.1) is 0 Å². The molecule has 1 N–H and O–H groups in total. The molecule has 1 aromatic carbocycles. The standard InChI is InChI=1S/C16H24N2/c1-16(2,3)11-5-6-12-13-7-8-18(4)10-15(13)17-14(12)9-11/h5-6,9,13,15,17H,7-8,10H2,1-4H3. The van der Waals surface area contributed by atoms with Crippen molar-refractivity contribution in [3.8, 4) is 0 Å². The van der Waals surface area contributed by atoms with Crippen LogP contribution in [0.5, 0.6) is 0 Å². The van der Waals surface area contributed by atoms with E-state index in [2.05, 4.69) is 56.2 Å². The van der Waals surface area contributed by atoms with E-state index in [1.54, 1.807) is 5.56 Å². The van der Waals surface area contributed by atoms with Crippen LogP contribution in [0.4, 0.5) is 5.69 Å². The molecule has 18 heavy (non-hydrogen) atoms. The molecule has 98 valence electrons. The van der Waals surface area contributed by atoms with Crippen molar-refractivity contribution in [2.75, 3.05) is 25.5 Å². The van der Waals surface area contributed by atoms with Gasteiger partial charge in [0.15, 0.2) is 0 Å². The van der Waals surface area contributed by atoms with Crippen LogP contribution in [0.2, 0.25) is 0 Å². The van der Waals surface area contributed by atoms with Gasteiger partial charge in [0.1, 0.15) is 0 Å². The lowest BCUT2D eigenvalue weighted by Gasteiger charge is -2.32. The summed E-state index contributed by atoms with van der Waals surface area (Å²) in [6, 6.07) is 7.67. The average Bonchev–Trinajstić information content (AvgIpc) is 2.63. The van der Waals surface area contributed by atoms with E-state index in [4.69, 9.17) is 0 Å². The molecule has 2 atom stereocenters. The van der Waals surface area contributed by atoms with Crippen molar-refractivity contribution in [2.45, 2.75) is 44.6 Å². The third-order valence-electron chi connectivity index (χ3n) is 4.48. The fourth-order valence-electron chi connectivity index (χ4n) is 3.30. The molecule has 0 spiro atoms. The summed E-state index contributed by atoms with van der Waals surface area (Å²) in [5, 5.41) is 3.74. The van der Waals surface area contributed by atoms with Crippen LogP contribution < -0.4 is 5.32 Å². The number of nitrogens with zero attached hydrogens (tertiary/aromatic N) is 1. The van der Waals surface area contributed by atoms with Gasteiger partial charge in [-0.3, -0.25) is 0 Å². The zero-order chi connectivity index (χ0) is 12.9. The number of hydrogen-bond acceptors (Lipinski definition) is 2. The number of nitrogens with one attached hydrogen (secondary N) is 1. The summed E-state index contributed by atoms with van der Waals surface area (Å²) in [7, 11) is 2.22. The Balaban J connectivity index is 1.93. The zero-order valence-corrected chi connectivity index (χ0v) is 12.0. The molecular formula is C16H24N2. The number of anilines is 1. The highest BCUT2D eigenvalue weighted by Gasteiger charge is 2.36. The molecule has 1 aromatic rings. The van der Waals surface area contributed by atoms with Crippen molar-refractivity contribution in [1.29, 1.82) is 0 Å². The molecule has 1 saturated heterocycles. The summed E-state index contributed by atoms with van der Waals surface area (Å²) < 4.78 is 0. The Morgan fingerprint density at radius 3 is 2.78 bits per heavy atom. The molecule has 2 heteroatoms. The Bertz CT molecular complexity index is 459. The quantitative estimate of drug-likeness (QED) is 0.754. The molecule has 2 heterocycles. The molecule has 2 aliphatic rings. The van der Waals surface area contributed by atoms with E-state index in [0.29, 0.717) is 6.04 Å². The van der Waals surface area contributed by atoms with Crippen LogP contribution in [-0.2, 0) is 5.41 Å². The van der Waals surface area contributed by atoms with Gasteiger partial charge in [-0.2, -0.15) is 0 Å². The Morgan fingerprint density at radius 2 is 2.06 bits per heavy atom. The molecule has 0 saturated carbocycles. The van der Waals surface area contributed by atoms with E-state index < -0.39 is 0 Å². The van der Waals surface area contributed by atoms with Crippen LogP contribution in [0, 0.1) is 0 Å². The van der Waals surface area contributed by atoms with Gasteiger partial charge in [0, 0.05) is 24.2 Å². The smallest absolute Gasteiger partial charge is 0.0458 e. The van der Waals surface area contributed by atoms with E-state index in [9.17, 15) is 0 Å². The lowest BCUT2D eigenvalue weighted by atomic mass is 9.84. The van der Waals surface area contributed by atoms with Gasteiger partial charge < -0.3 is 10.2 Å². The average molecular weight is 244 g/mol. The summed E-state index contributed by atoms with van der Waals surface area (Å²) >= 11 is 0. The van der Waals surface area contributed by atoms with Crippen molar-refractivity contribution in [1.82, 2.24) is 4.90 Å². The van der Waals surface area contributed by atoms with Gasteiger partial charge in [0.05, 0.1) is 0 Å². The third kappa shape index (κ3) is 1.93. The van der Waals surface area contributed by atoms with Crippen molar-refractivity contribution < 1.29 is 0 Å². The maximum atomic E-state index is 3.74. The van der Waals surface area contributed by atoms with Crippen molar-refractivity contribution >= 4 is 5.69 Å². The van der Waals surface area contributed by atoms with Crippen molar-refractivity contribution in [3.05, 3.63) is 29.3 Å². The van der Waals surface area contributed by atoms with Crippen molar-refractivity contribution in [2.24, 2.45) is 0 Å². The Labute approximate surface area is 110 Å². The first-order chi connectivity index (χ1) is 8.45. The minimum atomic E-state index is 0.237. The number of piperidine rings is 1. The monoisotopic (exact) mass is 244 g/mol. The maximum Gasteiger partial charge on any atom is 0.0458 e. The number of hydrogen-bond donors (Lipinski definition) is 1. The van der Waals surface area contributed by atoms with Crippen LogP contribution >= 0.6 is 0 Å². The fraction of sp³-hybridized carbons (Fsp3) is 0.625. The Hall–Kier alpha value is -1.02. The zero-order valence-electron chi connectivity index (χ0n) is 12.0. The summed E-state index contributed by atoms with van der Waals surface area (Å²) in [5.41, 5.74) is 4.59. The van der Waals surface area contributed by atoms with Gasteiger partial charge in [-0.25, -0.2) is 0 Å². The highest BCUT2D eigenvalue weighted by atomic mass is 15.2. The van der Waals surface area contributed by atoms with Crippen LogP contribution in [-0.4, -0.2) is 31.1 Å². The number of benzene rings is 1. The molecule has 0 aromatic heterocycles. The number of likely N-dealkylation sites (tertiary alicyclic amines) is 1. The second-order valence-electron chi connectivity index (χ2n) is 6.96.